The summed E-state index contributed by atoms with van der Waals surface area (Å²) in [5.41, 5.74) is 0.833. The highest BCUT2D eigenvalue weighted by atomic mass is 35.5. The summed E-state index contributed by atoms with van der Waals surface area (Å²) in [6.07, 6.45) is 3.43. The molecule has 0 atom stereocenters. The Hall–Kier alpha value is -1.50. The first-order valence-electron chi connectivity index (χ1n) is 5.59. The number of nitrogens with zero attached hydrogens (tertiary/aromatic N) is 2. The van der Waals surface area contributed by atoms with Crippen LogP contribution in [0.1, 0.15) is 5.69 Å². The summed E-state index contributed by atoms with van der Waals surface area (Å²) >= 11 is 5.61. The molecule has 19 heavy (non-hydrogen) atoms. The van der Waals surface area contributed by atoms with E-state index in [9.17, 15) is 8.42 Å². The van der Waals surface area contributed by atoms with Gasteiger partial charge in [0.1, 0.15) is 10.0 Å². The highest BCUT2D eigenvalue weighted by Gasteiger charge is 2.13. The Bertz CT molecular complexity index is 630. The Labute approximate surface area is 116 Å². The molecular weight excluding hydrogens is 286 g/mol. The Kier molecular flexibility index (Phi) is 4.47. The number of rotatable bonds is 5. The predicted molar refractivity (Wildman–Crippen MR) is 72.4 cm³/mol. The second-order valence-corrected chi connectivity index (χ2v) is 5.94. The zero-order chi connectivity index (χ0) is 13.7. The topological polar surface area (TPSA) is 72.0 Å². The predicted octanol–water partition coefficient (Wildman–Crippen LogP) is 1.65. The van der Waals surface area contributed by atoms with E-state index in [1.54, 1.807) is 6.20 Å². The second kappa shape index (κ2) is 6.10. The van der Waals surface area contributed by atoms with Crippen LogP contribution in [-0.2, 0) is 16.4 Å². The monoisotopic (exact) mass is 297 g/mol. The largest absolute Gasteiger partial charge is 0.261 e. The van der Waals surface area contributed by atoms with Crippen LogP contribution in [0.5, 0.6) is 0 Å². The van der Waals surface area contributed by atoms with Gasteiger partial charge in [-0.05, 0) is 24.3 Å². The van der Waals surface area contributed by atoms with Gasteiger partial charge >= 0.3 is 0 Å². The number of nitrogens with one attached hydrogen (secondary N) is 1. The van der Waals surface area contributed by atoms with Crippen molar-refractivity contribution in [3.63, 3.8) is 0 Å². The van der Waals surface area contributed by atoms with Crippen LogP contribution in [0.25, 0.3) is 0 Å². The molecule has 2 rings (SSSR count). The van der Waals surface area contributed by atoms with Crippen molar-refractivity contribution in [2.75, 3.05) is 6.54 Å². The van der Waals surface area contributed by atoms with E-state index < -0.39 is 10.0 Å². The lowest BCUT2D eigenvalue weighted by atomic mass is 10.3. The molecule has 0 fully saturated rings. The molecule has 0 amide bonds. The lowest BCUT2D eigenvalue weighted by Crippen LogP contribution is -2.26. The van der Waals surface area contributed by atoms with E-state index in [4.69, 9.17) is 11.6 Å². The number of halogens is 1. The summed E-state index contributed by atoms with van der Waals surface area (Å²) in [5, 5.41) is 0.257. The van der Waals surface area contributed by atoms with E-state index in [1.807, 2.05) is 18.2 Å². The molecule has 7 heteroatoms. The summed E-state index contributed by atoms with van der Waals surface area (Å²) in [6.45, 7) is 0.280. The van der Waals surface area contributed by atoms with Gasteiger partial charge in [-0.1, -0.05) is 17.7 Å². The van der Waals surface area contributed by atoms with Crippen molar-refractivity contribution in [1.29, 1.82) is 0 Å². The minimum atomic E-state index is -3.55. The molecule has 0 aromatic carbocycles. The molecule has 0 bridgehead atoms. The Morgan fingerprint density at radius 3 is 2.63 bits per heavy atom. The van der Waals surface area contributed by atoms with Crippen molar-refractivity contribution in [3.8, 4) is 0 Å². The molecular formula is C12H12ClN3O2S. The summed E-state index contributed by atoms with van der Waals surface area (Å²) in [4.78, 5) is 7.96. The molecule has 100 valence electrons. The number of sulfonamides is 1. The van der Waals surface area contributed by atoms with Crippen molar-refractivity contribution in [3.05, 3.63) is 53.6 Å². The first-order chi connectivity index (χ1) is 9.08. The Morgan fingerprint density at radius 2 is 2.00 bits per heavy atom. The van der Waals surface area contributed by atoms with Gasteiger partial charge in [-0.2, -0.15) is 0 Å². The van der Waals surface area contributed by atoms with E-state index in [0.29, 0.717) is 6.42 Å². The van der Waals surface area contributed by atoms with Crippen molar-refractivity contribution < 1.29 is 8.42 Å². The number of hydrogen-bond acceptors (Lipinski definition) is 4. The number of aromatic nitrogens is 2. The van der Waals surface area contributed by atoms with Crippen LogP contribution in [0, 0.1) is 0 Å². The first-order valence-corrected chi connectivity index (χ1v) is 7.45. The molecule has 0 aliphatic heterocycles. The van der Waals surface area contributed by atoms with Crippen molar-refractivity contribution in [2.24, 2.45) is 0 Å². The van der Waals surface area contributed by atoms with E-state index in [2.05, 4.69) is 14.7 Å². The van der Waals surface area contributed by atoms with Crippen molar-refractivity contribution in [1.82, 2.24) is 14.7 Å². The third kappa shape index (κ3) is 3.99. The number of pyridine rings is 2. The minimum absolute atomic E-state index is 0.0953. The van der Waals surface area contributed by atoms with Crippen LogP contribution in [-0.4, -0.2) is 24.9 Å². The smallest absolute Gasteiger partial charge is 0.242 e. The summed E-state index contributed by atoms with van der Waals surface area (Å²) in [6, 6.07) is 8.37. The molecule has 2 aromatic rings. The average Bonchev–Trinajstić information content (AvgIpc) is 2.40. The molecule has 0 radical (unpaired) electrons. The third-order valence-electron chi connectivity index (χ3n) is 2.41. The normalized spacial score (nSPS) is 11.4. The summed E-state index contributed by atoms with van der Waals surface area (Å²) in [7, 11) is -3.55. The van der Waals surface area contributed by atoms with Crippen LogP contribution in [0.3, 0.4) is 0 Å². The highest BCUT2D eigenvalue weighted by molar-refractivity contribution is 7.89. The molecule has 1 N–H and O–H groups in total. The van der Waals surface area contributed by atoms with Gasteiger partial charge < -0.3 is 0 Å². The van der Waals surface area contributed by atoms with E-state index in [0.717, 1.165) is 5.69 Å². The molecule has 0 aliphatic carbocycles. The average molecular weight is 298 g/mol. The maximum absolute atomic E-state index is 11.9. The summed E-state index contributed by atoms with van der Waals surface area (Å²) < 4.78 is 26.3. The van der Waals surface area contributed by atoms with Gasteiger partial charge in [0.15, 0.2) is 0 Å². The maximum Gasteiger partial charge on any atom is 0.242 e. The lowest BCUT2D eigenvalue weighted by molar-refractivity contribution is 0.581. The second-order valence-electron chi connectivity index (χ2n) is 3.79. The summed E-state index contributed by atoms with van der Waals surface area (Å²) in [5.74, 6) is 0. The Balaban J connectivity index is 1.97. The fourth-order valence-corrected chi connectivity index (χ4v) is 2.55. The van der Waals surface area contributed by atoms with Crippen LogP contribution in [0.15, 0.2) is 47.6 Å². The molecule has 0 spiro atoms. The quantitative estimate of drug-likeness (QED) is 0.852. The van der Waals surface area contributed by atoms with E-state index >= 15 is 0 Å². The van der Waals surface area contributed by atoms with E-state index in [-0.39, 0.29) is 16.6 Å². The minimum Gasteiger partial charge on any atom is -0.261 e. The zero-order valence-corrected chi connectivity index (χ0v) is 11.5. The fourth-order valence-electron chi connectivity index (χ4n) is 1.46. The van der Waals surface area contributed by atoms with Gasteiger partial charge in [-0.15, -0.1) is 0 Å². The Morgan fingerprint density at radius 1 is 1.16 bits per heavy atom. The van der Waals surface area contributed by atoms with Crippen LogP contribution < -0.4 is 4.72 Å². The van der Waals surface area contributed by atoms with Gasteiger partial charge in [0.25, 0.3) is 0 Å². The molecule has 2 heterocycles. The van der Waals surface area contributed by atoms with Gasteiger partial charge in [0.05, 0.1) is 0 Å². The number of hydrogen-bond donors (Lipinski definition) is 1. The van der Waals surface area contributed by atoms with Gasteiger partial charge in [0, 0.05) is 31.1 Å². The maximum atomic E-state index is 11.9. The molecule has 0 unspecified atom stereocenters. The molecule has 0 saturated heterocycles. The standard InChI is InChI=1S/C12H12ClN3O2S/c13-12-5-4-11(9-15-12)19(17,18)16-8-6-10-3-1-2-7-14-10/h1-5,7,9,16H,6,8H2. The molecule has 5 nitrogen and oxygen atoms in total. The first kappa shape index (κ1) is 13.9. The van der Waals surface area contributed by atoms with Crippen molar-refractivity contribution in [2.45, 2.75) is 11.3 Å². The molecule has 0 aliphatic rings. The third-order valence-corrected chi connectivity index (χ3v) is 4.08. The van der Waals surface area contributed by atoms with Crippen LogP contribution >= 0.6 is 11.6 Å². The van der Waals surface area contributed by atoms with Crippen LogP contribution in [0.2, 0.25) is 5.15 Å². The SMILES string of the molecule is O=S(=O)(NCCc1ccccn1)c1ccc(Cl)nc1. The van der Waals surface area contributed by atoms with Crippen molar-refractivity contribution >= 4 is 21.6 Å². The van der Waals surface area contributed by atoms with Gasteiger partial charge in [-0.3, -0.25) is 4.98 Å². The molecule has 0 saturated carbocycles. The van der Waals surface area contributed by atoms with E-state index in [1.165, 1.54) is 18.3 Å². The van der Waals surface area contributed by atoms with Gasteiger partial charge in [-0.25, -0.2) is 18.1 Å². The highest BCUT2D eigenvalue weighted by Crippen LogP contribution is 2.10. The molecule has 2 aromatic heterocycles. The van der Waals surface area contributed by atoms with Gasteiger partial charge in [0.2, 0.25) is 10.0 Å². The lowest BCUT2D eigenvalue weighted by Gasteiger charge is -2.06. The van der Waals surface area contributed by atoms with Crippen LogP contribution in [0.4, 0.5) is 0 Å². The fraction of sp³-hybridized carbons (Fsp3) is 0.167. The zero-order valence-electron chi connectivity index (χ0n) is 9.95.